The minimum Gasteiger partial charge on any atom is -0.346 e. The van der Waals surface area contributed by atoms with Crippen molar-refractivity contribution in [3.05, 3.63) is 29.3 Å². The summed E-state index contributed by atoms with van der Waals surface area (Å²) in [5, 5.41) is 4.17. The van der Waals surface area contributed by atoms with Crippen LogP contribution in [0.25, 0.3) is 0 Å². The van der Waals surface area contributed by atoms with Gasteiger partial charge in [0.2, 0.25) is 0 Å². The quantitative estimate of drug-likeness (QED) is 0.783. The van der Waals surface area contributed by atoms with Gasteiger partial charge in [-0.15, -0.1) is 0 Å². The van der Waals surface area contributed by atoms with Crippen LogP contribution in [0, 0.1) is 13.8 Å². The summed E-state index contributed by atoms with van der Waals surface area (Å²) >= 11 is 5.47. The van der Waals surface area contributed by atoms with E-state index in [-0.39, 0.29) is 0 Å². The number of piperazine rings is 1. The molecule has 1 heterocycles. The molecule has 1 aromatic carbocycles. The molecule has 0 unspecified atom stereocenters. The molecule has 0 aliphatic carbocycles. The van der Waals surface area contributed by atoms with Crippen molar-refractivity contribution in [1.29, 1.82) is 0 Å². The molecule has 2 rings (SSSR count). The maximum atomic E-state index is 5.47. The first-order valence-corrected chi connectivity index (χ1v) is 6.79. The van der Waals surface area contributed by atoms with Gasteiger partial charge in [-0.25, -0.2) is 0 Å². The van der Waals surface area contributed by atoms with Crippen LogP contribution < -0.4 is 5.32 Å². The monoisotopic (exact) mass is 263 g/mol. The summed E-state index contributed by atoms with van der Waals surface area (Å²) in [6, 6.07) is 6.37. The molecular formula is C14H21N3S. The number of thiocarbonyl (C=S) groups is 1. The Kier molecular flexibility index (Phi) is 4.19. The highest BCUT2D eigenvalue weighted by atomic mass is 32.1. The first-order valence-electron chi connectivity index (χ1n) is 6.38. The lowest BCUT2D eigenvalue weighted by molar-refractivity contribution is 0.217. The summed E-state index contributed by atoms with van der Waals surface area (Å²) in [6.45, 7) is 8.42. The van der Waals surface area contributed by atoms with Gasteiger partial charge in [-0.2, -0.15) is 0 Å². The topological polar surface area (TPSA) is 18.5 Å². The Morgan fingerprint density at radius 3 is 2.39 bits per heavy atom. The lowest BCUT2D eigenvalue weighted by Crippen LogP contribution is -2.48. The van der Waals surface area contributed by atoms with Gasteiger partial charge in [0.05, 0.1) is 0 Å². The number of hydrogen-bond donors (Lipinski definition) is 1. The van der Waals surface area contributed by atoms with E-state index >= 15 is 0 Å². The summed E-state index contributed by atoms with van der Waals surface area (Å²) < 4.78 is 0. The molecule has 0 saturated carbocycles. The molecular weight excluding hydrogens is 242 g/mol. The van der Waals surface area contributed by atoms with Crippen LogP contribution in [-0.2, 0) is 0 Å². The number of aryl methyl sites for hydroxylation is 2. The normalized spacial score (nSPS) is 16.7. The van der Waals surface area contributed by atoms with Crippen LogP contribution in [0.3, 0.4) is 0 Å². The first-order chi connectivity index (χ1) is 8.56. The Morgan fingerprint density at radius 1 is 1.11 bits per heavy atom. The van der Waals surface area contributed by atoms with Crippen molar-refractivity contribution >= 4 is 23.0 Å². The van der Waals surface area contributed by atoms with Crippen molar-refractivity contribution in [2.45, 2.75) is 13.8 Å². The highest BCUT2D eigenvalue weighted by molar-refractivity contribution is 7.80. The third kappa shape index (κ3) is 3.21. The van der Waals surface area contributed by atoms with Crippen LogP contribution in [0.1, 0.15) is 11.1 Å². The Morgan fingerprint density at radius 2 is 1.78 bits per heavy atom. The van der Waals surface area contributed by atoms with Gasteiger partial charge in [-0.05, 0) is 56.4 Å². The maximum Gasteiger partial charge on any atom is 0.173 e. The average Bonchev–Trinajstić information content (AvgIpc) is 2.34. The highest BCUT2D eigenvalue weighted by Crippen LogP contribution is 2.15. The minimum atomic E-state index is 0.839. The highest BCUT2D eigenvalue weighted by Gasteiger charge is 2.16. The van der Waals surface area contributed by atoms with E-state index in [4.69, 9.17) is 12.2 Å². The van der Waals surface area contributed by atoms with Gasteiger partial charge < -0.3 is 15.1 Å². The number of nitrogens with zero attached hydrogens (tertiary/aromatic N) is 2. The van der Waals surface area contributed by atoms with Gasteiger partial charge >= 0.3 is 0 Å². The molecule has 0 bridgehead atoms. The maximum absolute atomic E-state index is 5.47. The predicted molar refractivity (Wildman–Crippen MR) is 81.2 cm³/mol. The molecule has 1 N–H and O–H groups in total. The lowest BCUT2D eigenvalue weighted by Gasteiger charge is -2.34. The van der Waals surface area contributed by atoms with E-state index in [1.165, 1.54) is 11.1 Å². The fourth-order valence-electron chi connectivity index (χ4n) is 2.03. The van der Waals surface area contributed by atoms with Gasteiger partial charge in [0.1, 0.15) is 0 Å². The van der Waals surface area contributed by atoms with Crippen molar-refractivity contribution in [3.63, 3.8) is 0 Å². The third-order valence-corrected chi connectivity index (χ3v) is 3.91. The van der Waals surface area contributed by atoms with Crippen LogP contribution >= 0.6 is 12.2 Å². The van der Waals surface area contributed by atoms with E-state index in [1.54, 1.807) is 0 Å². The number of benzene rings is 1. The van der Waals surface area contributed by atoms with E-state index < -0.39 is 0 Å². The summed E-state index contributed by atoms with van der Waals surface area (Å²) in [4.78, 5) is 4.57. The smallest absolute Gasteiger partial charge is 0.173 e. The lowest BCUT2D eigenvalue weighted by atomic mass is 10.1. The van der Waals surface area contributed by atoms with Gasteiger partial charge in [0.15, 0.2) is 5.11 Å². The molecule has 1 aliphatic rings. The number of hydrogen-bond acceptors (Lipinski definition) is 2. The molecule has 1 aliphatic heterocycles. The standard InChI is InChI=1S/C14H21N3S/c1-11-4-5-13(10-12(11)2)15-14(18)17-8-6-16(3)7-9-17/h4-5,10H,6-9H2,1-3H3,(H,15,18). The predicted octanol–water partition coefficient (Wildman–Crippen LogP) is 2.25. The van der Waals surface area contributed by atoms with Crippen molar-refractivity contribution in [1.82, 2.24) is 9.80 Å². The molecule has 0 spiro atoms. The molecule has 0 amide bonds. The van der Waals surface area contributed by atoms with Crippen molar-refractivity contribution < 1.29 is 0 Å². The summed E-state index contributed by atoms with van der Waals surface area (Å²) in [7, 11) is 2.15. The van der Waals surface area contributed by atoms with E-state index in [0.717, 1.165) is 37.0 Å². The van der Waals surface area contributed by atoms with E-state index in [2.05, 4.69) is 54.2 Å². The van der Waals surface area contributed by atoms with Crippen LogP contribution in [0.5, 0.6) is 0 Å². The van der Waals surface area contributed by atoms with Crippen LogP contribution in [0.4, 0.5) is 5.69 Å². The van der Waals surface area contributed by atoms with Crippen LogP contribution in [-0.4, -0.2) is 48.1 Å². The molecule has 1 aromatic rings. The Hall–Kier alpha value is -1.13. The largest absolute Gasteiger partial charge is 0.346 e. The Bertz CT molecular complexity index is 437. The molecule has 98 valence electrons. The van der Waals surface area contributed by atoms with Crippen molar-refractivity contribution in [2.75, 3.05) is 38.5 Å². The second kappa shape index (κ2) is 5.67. The Labute approximate surface area is 115 Å². The SMILES string of the molecule is Cc1ccc(NC(=S)N2CCN(C)CC2)cc1C. The fraction of sp³-hybridized carbons (Fsp3) is 0.500. The zero-order valence-electron chi connectivity index (χ0n) is 11.4. The molecule has 1 fully saturated rings. The first kappa shape index (κ1) is 13.3. The summed E-state index contributed by atoms with van der Waals surface area (Å²) in [5.41, 5.74) is 3.69. The molecule has 3 nitrogen and oxygen atoms in total. The molecule has 1 saturated heterocycles. The molecule has 18 heavy (non-hydrogen) atoms. The summed E-state index contributed by atoms with van der Waals surface area (Å²) in [6.07, 6.45) is 0. The van der Waals surface area contributed by atoms with E-state index in [1.807, 2.05) is 0 Å². The van der Waals surface area contributed by atoms with Gasteiger partial charge in [0, 0.05) is 31.9 Å². The number of nitrogens with one attached hydrogen (secondary N) is 1. The number of anilines is 1. The second-order valence-electron chi connectivity index (χ2n) is 5.02. The van der Waals surface area contributed by atoms with Gasteiger partial charge in [0.25, 0.3) is 0 Å². The molecule has 0 atom stereocenters. The van der Waals surface area contributed by atoms with E-state index in [9.17, 15) is 0 Å². The van der Waals surface area contributed by atoms with E-state index in [0.29, 0.717) is 0 Å². The zero-order chi connectivity index (χ0) is 13.1. The Balaban J connectivity index is 1.96. The van der Waals surface area contributed by atoms with Gasteiger partial charge in [-0.1, -0.05) is 6.07 Å². The molecule has 0 aromatic heterocycles. The minimum absolute atomic E-state index is 0.839. The van der Waals surface area contributed by atoms with Crippen molar-refractivity contribution in [2.24, 2.45) is 0 Å². The summed E-state index contributed by atoms with van der Waals surface area (Å²) in [5.74, 6) is 0. The van der Waals surface area contributed by atoms with Crippen LogP contribution in [0.2, 0.25) is 0 Å². The number of likely N-dealkylation sites (N-methyl/N-ethyl adjacent to an activating group) is 1. The number of rotatable bonds is 1. The van der Waals surface area contributed by atoms with Crippen LogP contribution in [0.15, 0.2) is 18.2 Å². The van der Waals surface area contributed by atoms with Gasteiger partial charge in [-0.3, -0.25) is 0 Å². The molecule has 4 heteroatoms. The zero-order valence-corrected chi connectivity index (χ0v) is 12.2. The van der Waals surface area contributed by atoms with Crippen molar-refractivity contribution in [3.8, 4) is 0 Å². The molecule has 0 radical (unpaired) electrons. The average molecular weight is 263 g/mol. The third-order valence-electron chi connectivity index (χ3n) is 3.55. The fourth-order valence-corrected chi connectivity index (χ4v) is 2.33. The second-order valence-corrected chi connectivity index (χ2v) is 5.41.